The molecule has 0 radical (unpaired) electrons. The summed E-state index contributed by atoms with van der Waals surface area (Å²) in [6.45, 7) is 8.67. The lowest BCUT2D eigenvalue weighted by molar-refractivity contribution is 0.0820. The van der Waals surface area contributed by atoms with Gasteiger partial charge in [-0.25, -0.2) is 0 Å². The predicted octanol–water partition coefficient (Wildman–Crippen LogP) is 3.08. The number of benzene rings is 1. The van der Waals surface area contributed by atoms with E-state index < -0.39 is 0 Å². The Hall–Kier alpha value is -1.31. The van der Waals surface area contributed by atoms with Crippen LogP contribution in [0, 0.1) is 5.41 Å². The molecule has 0 aliphatic carbocycles. The van der Waals surface area contributed by atoms with Crippen molar-refractivity contribution in [1.82, 2.24) is 5.32 Å². The van der Waals surface area contributed by atoms with Gasteiger partial charge in [0.2, 0.25) is 0 Å². The lowest BCUT2D eigenvalue weighted by atomic mass is 9.68. The van der Waals surface area contributed by atoms with Gasteiger partial charge in [-0.3, -0.25) is 4.79 Å². The van der Waals surface area contributed by atoms with Gasteiger partial charge in [0.15, 0.2) is 0 Å². The Labute approximate surface area is 97.1 Å². The van der Waals surface area contributed by atoms with E-state index in [4.69, 9.17) is 0 Å². The SMILES string of the molecule is CCC1(C(C)(C)C)NC(=O)c2ccccc21. The first-order chi connectivity index (χ1) is 7.42. The molecule has 2 rings (SSSR count). The summed E-state index contributed by atoms with van der Waals surface area (Å²) in [6.07, 6.45) is 0.916. The van der Waals surface area contributed by atoms with Crippen molar-refractivity contribution >= 4 is 5.91 Å². The molecule has 2 heteroatoms. The summed E-state index contributed by atoms with van der Waals surface area (Å²) in [7, 11) is 0. The van der Waals surface area contributed by atoms with E-state index in [1.807, 2.05) is 18.2 Å². The summed E-state index contributed by atoms with van der Waals surface area (Å²) in [5.41, 5.74) is 1.78. The van der Waals surface area contributed by atoms with Crippen LogP contribution in [0.4, 0.5) is 0 Å². The molecule has 0 aromatic heterocycles. The van der Waals surface area contributed by atoms with Crippen LogP contribution in [-0.2, 0) is 5.54 Å². The summed E-state index contributed by atoms with van der Waals surface area (Å²) in [5, 5.41) is 3.18. The van der Waals surface area contributed by atoms with Crippen molar-refractivity contribution in [1.29, 1.82) is 0 Å². The zero-order chi connectivity index (χ0) is 12.0. The Kier molecular flexibility index (Phi) is 2.33. The fraction of sp³-hybridized carbons (Fsp3) is 0.500. The number of hydrogen-bond acceptors (Lipinski definition) is 1. The number of carbonyl (C=O) groups excluding carboxylic acids is 1. The van der Waals surface area contributed by atoms with Crippen LogP contribution in [-0.4, -0.2) is 5.91 Å². The minimum Gasteiger partial charge on any atom is -0.342 e. The highest BCUT2D eigenvalue weighted by Gasteiger charge is 2.49. The topological polar surface area (TPSA) is 29.1 Å². The van der Waals surface area contributed by atoms with E-state index in [0.717, 1.165) is 17.5 Å². The molecule has 1 unspecified atom stereocenters. The Morgan fingerprint density at radius 3 is 2.44 bits per heavy atom. The second-order valence-corrected chi connectivity index (χ2v) is 5.51. The van der Waals surface area contributed by atoms with E-state index in [9.17, 15) is 4.79 Å². The number of fused-ring (bicyclic) bond motifs is 1. The molecule has 1 heterocycles. The molecule has 0 saturated carbocycles. The minimum absolute atomic E-state index is 0.0179. The molecule has 2 nitrogen and oxygen atoms in total. The Bertz CT molecular complexity index is 431. The largest absolute Gasteiger partial charge is 0.342 e. The van der Waals surface area contributed by atoms with Gasteiger partial charge < -0.3 is 5.32 Å². The van der Waals surface area contributed by atoms with Gasteiger partial charge in [-0.05, 0) is 23.5 Å². The molecule has 1 aliphatic heterocycles. The van der Waals surface area contributed by atoms with Crippen molar-refractivity contribution in [2.45, 2.75) is 39.7 Å². The molecule has 1 aromatic rings. The van der Waals surface area contributed by atoms with Gasteiger partial charge in [0.1, 0.15) is 0 Å². The predicted molar refractivity (Wildman–Crippen MR) is 65.3 cm³/mol. The number of carbonyl (C=O) groups is 1. The van der Waals surface area contributed by atoms with Crippen molar-refractivity contribution in [2.24, 2.45) is 5.41 Å². The average Bonchev–Trinajstić information content (AvgIpc) is 2.53. The molecule has 0 bridgehead atoms. The van der Waals surface area contributed by atoms with E-state index >= 15 is 0 Å². The van der Waals surface area contributed by atoms with Gasteiger partial charge in [-0.15, -0.1) is 0 Å². The quantitative estimate of drug-likeness (QED) is 0.769. The van der Waals surface area contributed by atoms with Gasteiger partial charge in [0.25, 0.3) is 5.91 Å². The number of rotatable bonds is 1. The smallest absolute Gasteiger partial charge is 0.252 e. The van der Waals surface area contributed by atoms with Gasteiger partial charge >= 0.3 is 0 Å². The van der Waals surface area contributed by atoms with E-state index in [0.29, 0.717) is 0 Å². The van der Waals surface area contributed by atoms with Crippen LogP contribution >= 0.6 is 0 Å². The highest BCUT2D eigenvalue weighted by Crippen LogP contribution is 2.46. The summed E-state index contributed by atoms with van der Waals surface area (Å²) in [5.74, 6) is 0.0624. The Morgan fingerprint density at radius 1 is 1.25 bits per heavy atom. The third kappa shape index (κ3) is 1.29. The molecular weight excluding hydrogens is 198 g/mol. The first kappa shape index (κ1) is 11.2. The molecule has 16 heavy (non-hydrogen) atoms. The molecule has 0 spiro atoms. The van der Waals surface area contributed by atoms with Crippen molar-refractivity contribution in [3.63, 3.8) is 0 Å². The van der Waals surface area contributed by atoms with Crippen LogP contribution in [0.1, 0.15) is 50.0 Å². The number of nitrogens with one attached hydrogen (secondary N) is 1. The molecular formula is C14H19NO. The summed E-state index contributed by atoms with van der Waals surface area (Å²) < 4.78 is 0. The van der Waals surface area contributed by atoms with Crippen LogP contribution < -0.4 is 5.32 Å². The van der Waals surface area contributed by atoms with Gasteiger partial charge in [0, 0.05) is 5.56 Å². The summed E-state index contributed by atoms with van der Waals surface area (Å²) in [4.78, 5) is 12.0. The van der Waals surface area contributed by atoms with Crippen molar-refractivity contribution < 1.29 is 4.79 Å². The Morgan fingerprint density at radius 2 is 1.88 bits per heavy atom. The standard InChI is InChI=1S/C14H19NO/c1-5-14(13(2,3)4)11-9-7-6-8-10(11)12(16)15-14/h6-9H,5H2,1-4H3,(H,15,16). The van der Waals surface area contributed by atoms with Gasteiger partial charge in [-0.2, -0.15) is 0 Å². The van der Waals surface area contributed by atoms with Crippen LogP contribution in [0.25, 0.3) is 0 Å². The lowest BCUT2D eigenvalue weighted by Crippen LogP contribution is -2.49. The lowest BCUT2D eigenvalue weighted by Gasteiger charge is -2.42. The molecule has 1 N–H and O–H groups in total. The number of amides is 1. The molecule has 1 amide bonds. The second kappa shape index (κ2) is 3.34. The normalized spacial score (nSPS) is 24.1. The highest BCUT2D eigenvalue weighted by molar-refractivity contribution is 6.00. The molecule has 1 aliphatic rings. The molecule has 0 saturated heterocycles. The molecule has 1 aromatic carbocycles. The van der Waals surface area contributed by atoms with E-state index in [2.05, 4.69) is 39.1 Å². The van der Waals surface area contributed by atoms with Crippen LogP contribution in [0.2, 0.25) is 0 Å². The van der Waals surface area contributed by atoms with Crippen molar-refractivity contribution in [2.75, 3.05) is 0 Å². The minimum atomic E-state index is -0.222. The maximum atomic E-state index is 12.0. The van der Waals surface area contributed by atoms with Crippen LogP contribution in [0.3, 0.4) is 0 Å². The second-order valence-electron chi connectivity index (χ2n) is 5.51. The van der Waals surface area contributed by atoms with Crippen LogP contribution in [0.15, 0.2) is 24.3 Å². The van der Waals surface area contributed by atoms with E-state index in [1.165, 1.54) is 0 Å². The fourth-order valence-corrected chi connectivity index (χ4v) is 2.78. The molecule has 1 atom stereocenters. The van der Waals surface area contributed by atoms with Gasteiger partial charge in [-0.1, -0.05) is 45.9 Å². The van der Waals surface area contributed by atoms with Crippen molar-refractivity contribution in [3.05, 3.63) is 35.4 Å². The Balaban J connectivity index is 2.66. The number of hydrogen-bond donors (Lipinski definition) is 1. The van der Waals surface area contributed by atoms with Gasteiger partial charge in [0.05, 0.1) is 5.54 Å². The average molecular weight is 217 g/mol. The highest BCUT2D eigenvalue weighted by atomic mass is 16.2. The molecule has 0 fully saturated rings. The third-order valence-electron chi connectivity index (χ3n) is 3.77. The van der Waals surface area contributed by atoms with E-state index in [1.54, 1.807) is 0 Å². The maximum Gasteiger partial charge on any atom is 0.252 e. The first-order valence-corrected chi connectivity index (χ1v) is 5.84. The molecule has 86 valence electrons. The summed E-state index contributed by atoms with van der Waals surface area (Å²) >= 11 is 0. The monoisotopic (exact) mass is 217 g/mol. The zero-order valence-electron chi connectivity index (χ0n) is 10.4. The van der Waals surface area contributed by atoms with Crippen LogP contribution in [0.5, 0.6) is 0 Å². The summed E-state index contributed by atoms with van der Waals surface area (Å²) in [6, 6.07) is 7.91. The third-order valence-corrected chi connectivity index (χ3v) is 3.77. The zero-order valence-corrected chi connectivity index (χ0v) is 10.4. The maximum absolute atomic E-state index is 12.0. The van der Waals surface area contributed by atoms with Crippen molar-refractivity contribution in [3.8, 4) is 0 Å². The first-order valence-electron chi connectivity index (χ1n) is 5.84. The van der Waals surface area contributed by atoms with E-state index in [-0.39, 0.29) is 16.9 Å². The fourth-order valence-electron chi connectivity index (χ4n) is 2.78.